The molecule has 1 aromatic carbocycles. The van der Waals surface area contributed by atoms with Crippen molar-refractivity contribution in [2.75, 3.05) is 6.54 Å². The smallest absolute Gasteiger partial charge is 0.134 e. The molecule has 2 heteroatoms. The molecule has 0 unspecified atom stereocenters. The first-order valence-electron chi connectivity index (χ1n) is 7.98. The summed E-state index contributed by atoms with van der Waals surface area (Å²) >= 11 is 0. The van der Waals surface area contributed by atoms with Crippen molar-refractivity contribution in [1.29, 1.82) is 0 Å². The summed E-state index contributed by atoms with van der Waals surface area (Å²) in [5.41, 5.74) is 5.53. The lowest BCUT2D eigenvalue weighted by Gasteiger charge is -2.15. The van der Waals surface area contributed by atoms with Crippen molar-refractivity contribution < 1.29 is 4.42 Å². The maximum Gasteiger partial charge on any atom is 0.134 e. The van der Waals surface area contributed by atoms with Crippen LogP contribution in [0.5, 0.6) is 0 Å². The zero-order valence-corrected chi connectivity index (χ0v) is 12.9. The Labute approximate surface area is 121 Å². The van der Waals surface area contributed by atoms with Crippen molar-refractivity contribution in [3.8, 4) is 0 Å². The lowest BCUT2D eigenvalue weighted by molar-refractivity contribution is 0.509. The van der Waals surface area contributed by atoms with Gasteiger partial charge in [-0.05, 0) is 61.4 Å². The van der Waals surface area contributed by atoms with Crippen LogP contribution >= 0.6 is 0 Å². The predicted octanol–water partition coefficient (Wildman–Crippen LogP) is 4.54. The third-order valence-corrected chi connectivity index (χ3v) is 4.38. The molecule has 1 heterocycles. The van der Waals surface area contributed by atoms with E-state index in [-0.39, 0.29) is 0 Å². The number of benzene rings is 1. The number of fused-ring (bicyclic) bond motifs is 2. The third kappa shape index (κ3) is 2.37. The van der Waals surface area contributed by atoms with Crippen molar-refractivity contribution in [1.82, 2.24) is 5.32 Å². The zero-order chi connectivity index (χ0) is 14.1. The van der Waals surface area contributed by atoms with Gasteiger partial charge in [0, 0.05) is 10.9 Å². The molecular formula is C18H25NO. The molecule has 1 aliphatic rings. The Bertz CT molecular complexity index is 609. The molecule has 2 nitrogen and oxygen atoms in total. The van der Waals surface area contributed by atoms with Gasteiger partial charge in [0.15, 0.2) is 0 Å². The van der Waals surface area contributed by atoms with Crippen LogP contribution in [-0.2, 0) is 19.4 Å². The van der Waals surface area contributed by atoms with Gasteiger partial charge >= 0.3 is 0 Å². The second-order valence-corrected chi connectivity index (χ2v) is 6.20. The number of aryl methyl sites for hydroxylation is 2. The third-order valence-electron chi connectivity index (χ3n) is 4.38. The Morgan fingerprint density at radius 3 is 2.50 bits per heavy atom. The molecule has 108 valence electrons. The molecule has 1 N–H and O–H groups in total. The van der Waals surface area contributed by atoms with E-state index in [0.717, 1.165) is 24.4 Å². The maximum absolute atomic E-state index is 6.17. The van der Waals surface area contributed by atoms with Crippen LogP contribution in [0.3, 0.4) is 0 Å². The largest absolute Gasteiger partial charge is 0.459 e. The van der Waals surface area contributed by atoms with Crippen LogP contribution in [0, 0.1) is 0 Å². The number of nitrogens with one attached hydrogen (secondary N) is 1. The Balaban J connectivity index is 2.13. The van der Waals surface area contributed by atoms with Crippen molar-refractivity contribution in [2.45, 2.75) is 58.9 Å². The molecule has 0 saturated carbocycles. The van der Waals surface area contributed by atoms with E-state index in [2.05, 4.69) is 38.2 Å². The van der Waals surface area contributed by atoms with E-state index >= 15 is 0 Å². The average Bonchev–Trinajstić information content (AvgIpc) is 2.79. The van der Waals surface area contributed by atoms with Gasteiger partial charge in [0.25, 0.3) is 0 Å². The van der Waals surface area contributed by atoms with Crippen LogP contribution in [0.1, 0.15) is 62.0 Å². The van der Waals surface area contributed by atoms with E-state index in [0.29, 0.717) is 5.92 Å². The molecule has 0 atom stereocenters. The molecule has 0 spiro atoms. The fraction of sp³-hybridized carbons (Fsp3) is 0.556. The van der Waals surface area contributed by atoms with E-state index in [9.17, 15) is 0 Å². The molecule has 1 aliphatic carbocycles. The Morgan fingerprint density at radius 1 is 1.15 bits per heavy atom. The first-order valence-corrected chi connectivity index (χ1v) is 7.98. The number of rotatable bonds is 4. The van der Waals surface area contributed by atoms with E-state index in [1.807, 2.05) is 0 Å². The number of hydrogen-bond acceptors (Lipinski definition) is 2. The quantitative estimate of drug-likeness (QED) is 0.883. The van der Waals surface area contributed by atoms with Crippen LogP contribution in [0.15, 0.2) is 16.5 Å². The minimum Gasteiger partial charge on any atom is -0.459 e. The fourth-order valence-corrected chi connectivity index (χ4v) is 3.40. The summed E-state index contributed by atoms with van der Waals surface area (Å²) in [5.74, 6) is 1.63. The summed E-state index contributed by atoms with van der Waals surface area (Å²) in [6.07, 6.45) is 5.10. The highest BCUT2D eigenvalue weighted by molar-refractivity contribution is 5.84. The number of furan rings is 1. The highest BCUT2D eigenvalue weighted by Crippen LogP contribution is 2.35. The Hall–Kier alpha value is -1.28. The predicted molar refractivity (Wildman–Crippen MR) is 84.3 cm³/mol. The Kier molecular flexibility index (Phi) is 3.84. The Morgan fingerprint density at radius 2 is 1.85 bits per heavy atom. The molecule has 0 fully saturated rings. The summed E-state index contributed by atoms with van der Waals surface area (Å²) in [6, 6.07) is 4.70. The minimum absolute atomic E-state index is 0.506. The zero-order valence-electron chi connectivity index (χ0n) is 12.9. The summed E-state index contributed by atoms with van der Waals surface area (Å²) in [7, 11) is 0. The normalized spacial score (nSPS) is 15.0. The van der Waals surface area contributed by atoms with Gasteiger partial charge in [-0.25, -0.2) is 0 Å². The highest BCUT2D eigenvalue weighted by atomic mass is 16.3. The van der Waals surface area contributed by atoms with Gasteiger partial charge in [-0.3, -0.25) is 0 Å². The second kappa shape index (κ2) is 5.61. The molecular weight excluding hydrogens is 246 g/mol. The molecule has 1 aromatic heterocycles. The first kappa shape index (κ1) is 13.7. The van der Waals surface area contributed by atoms with Crippen molar-refractivity contribution in [3.05, 3.63) is 34.6 Å². The molecule has 0 radical (unpaired) electrons. The molecule has 2 aromatic rings. The standard InChI is InChI=1S/C18H25NO/c1-4-19-11-17-18(12(2)3)15-9-13-7-5-6-8-14(13)10-16(15)20-17/h9-10,12,19H,4-8,11H2,1-3H3. The molecule has 3 rings (SSSR count). The summed E-state index contributed by atoms with van der Waals surface area (Å²) in [5, 5.41) is 4.74. The van der Waals surface area contributed by atoms with Crippen LogP contribution in [0.2, 0.25) is 0 Å². The SMILES string of the molecule is CCNCc1oc2cc3c(cc2c1C(C)C)CCCC3. The van der Waals surface area contributed by atoms with Gasteiger partial charge in [0.05, 0.1) is 6.54 Å². The second-order valence-electron chi connectivity index (χ2n) is 6.20. The van der Waals surface area contributed by atoms with E-state index in [1.165, 1.54) is 42.2 Å². The van der Waals surface area contributed by atoms with E-state index in [1.54, 1.807) is 5.56 Å². The average molecular weight is 271 g/mol. The van der Waals surface area contributed by atoms with Crippen molar-refractivity contribution in [2.24, 2.45) is 0 Å². The molecule has 0 aliphatic heterocycles. The summed E-state index contributed by atoms with van der Waals surface area (Å²) < 4.78 is 6.17. The van der Waals surface area contributed by atoms with Gasteiger partial charge in [-0.15, -0.1) is 0 Å². The van der Waals surface area contributed by atoms with Crippen LogP contribution in [-0.4, -0.2) is 6.54 Å². The van der Waals surface area contributed by atoms with E-state index < -0.39 is 0 Å². The number of hydrogen-bond donors (Lipinski definition) is 1. The van der Waals surface area contributed by atoms with Gasteiger partial charge in [-0.1, -0.05) is 20.8 Å². The van der Waals surface area contributed by atoms with Crippen molar-refractivity contribution in [3.63, 3.8) is 0 Å². The lowest BCUT2D eigenvalue weighted by Crippen LogP contribution is -2.12. The topological polar surface area (TPSA) is 25.2 Å². The van der Waals surface area contributed by atoms with Gasteiger partial charge in [0.2, 0.25) is 0 Å². The van der Waals surface area contributed by atoms with E-state index in [4.69, 9.17) is 4.42 Å². The monoisotopic (exact) mass is 271 g/mol. The van der Waals surface area contributed by atoms with Gasteiger partial charge < -0.3 is 9.73 Å². The van der Waals surface area contributed by atoms with Crippen LogP contribution in [0.25, 0.3) is 11.0 Å². The molecule has 20 heavy (non-hydrogen) atoms. The van der Waals surface area contributed by atoms with Crippen molar-refractivity contribution >= 4 is 11.0 Å². The molecule has 0 bridgehead atoms. The molecule has 0 amide bonds. The fourth-order valence-electron chi connectivity index (χ4n) is 3.40. The minimum atomic E-state index is 0.506. The maximum atomic E-state index is 6.17. The van der Waals surface area contributed by atoms with Gasteiger partial charge in [-0.2, -0.15) is 0 Å². The first-order chi connectivity index (χ1) is 9.70. The van der Waals surface area contributed by atoms with Crippen LogP contribution in [0.4, 0.5) is 0 Å². The van der Waals surface area contributed by atoms with Crippen LogP contribution < -0.4 is 5.32 Å². The van der Waals surface area contributed by atoms with Gasteiger partial charge in [0.1, 0.15) is 11.3 Å². The lowest BCUT2D eigenvalue weighted by atomic mass is 9.89. The molecule has 0 saturated heterocycles. The summed E-state index contributed by atoms with van der Waals surface area (Å²) in [4.78, 5) is 0. The summed E-state index contributed by atoms with van der Waals surface area (Å²) in [6.45, 7) is 8.48. The highest BCUT2D eigenvalue weighted by Gasteiger charge is 2.19.